The number of allylic oxidation sites excluding steroid dienone is 24. The molecule has 2 unspecified atom stereocenters. The van der Waals surface area contributed by atoms with E-state index in [1.54, 1.807) is 0 Å². The van der Waals surface area contributed by atoms with Crippen molar-refractivity contribution >= 4 is 19.8 Å². The number of rotatable bonds is 53. The molecule has 0 fully saturated rings. The minimum Gasteiger partial charge on any atom is -0.462 e. The van der Waals surface area contributed by atoms with Crippen molar-refractivity contribution in [2.24, 2.45) is 5.73 Å². The molecule has 0 saturated carbocycles. The van der Waals surface area contributed by atoms with Gasteiger partial charge < -0.3 is 20.1 Å². The van der Waals surface area contributed by atoms with Crippen molar-refractivity contribution in [1.82, 2.24) is 0 Å². The standard InChI is InChI=1S/C65H106NO8P/c1-3-5-7-9-11-13-15-17-19-21-23-25-27-28-29-30-31-32-33-34-36-37-39-41-43-45-47-49-51-53-55-57-64(67)71-61-63(62-73-75(69,70)72-60-59-66)74-65(68)58-56-54-52-50-48-46-44-42-40-38-35-26-24-22-20-18-16-14-12-10-8-6-4-2/h5-8,11-14,17-20,23-26,28-29,38,40,44,46,50,52,63H,3-4,9-10,15-16,21-22,27,30-37,39,41-43,45,47-49,51,53-62,66H2,1-2H3,(H,69,70)/b7-5-,8-6-,13-11-,14-12-,19-17-,20-18-,25-23-,26-24-,29-28-,40-38-,46-44-,52-50-. The maximum Gasteiger partial charge on any atom is 0.472 e. The molecule has 0 heterocycles. The molecule has 0 aromatic rings. The normalized spacial score (nSPS) is 14.1. The van der Waals surface area contributed by atoms with Gasteiger partial charge in [0.2, 0.25) is 0 Å². The number of esters is 2. The van der Waals surface area contributed by atoms with E-state index < -0.39 is 32.5 Å². The fourth-order valence-electron chi connectivity index (χ4n) is 7.47. The minimum absolute atomic E-state index is 0.0368. The van der Waals surface area contributed by atoms with Gasteiger partial charge in [-0.25, -0.2) is 4.57 Å². The second kappa shape index (κ2) is 59.1. The van der Waals surface area contributed by atoms with E-state index in [9.17, 15) is 19.0 Å². The highest BCUT2D eigenvalue weighted by atomic mass is 31.2. The Morgan fingerprint density at radius 3 is 1.07 bits per heavy atom. The molecule has 0 aliphatic rings. The fraction of sp³-hybridized carbons (Fsp3) is 0.600. The monoisotopic (exact) mass is 1060 g/mol. The highest BCUT2D eigenvalue weighted by Crippen LogP contribution is 2.43. The molecule has 0 saturated heterocycles. The molecule has 3 N–H and O–H groups in total. The summed E-state index contributed by atoms with van der Waals surface area (Å²) in [7, 11) is -4.41. The quantitative estimate of drug-likeness (QED) is 0.0264. The van der Waals surface area contributed by atoms with Crippen LogP contribution in [0.4, 0.5) is 0 Å². The molecule has 9 nitrogen and oxygen atoms in total. The highest BCUT2D eigenvalue weighted by Gasteiger charge is 2.26. The third-order valence-electron chi connectivity index (χ3n) is 11.7. The summed E-state index contributed by atoms with van der Waals surface area (Å²) >= 11 is 0. The van der Waals surface area contributed by atoms with E-state index in [-0.39, 0.29) is 32.6 Å². The number of carbonyl (C=O) groups is 2. The van der Waals surface area contributed by atoms with Crippen LogP contribution in [-0.4, -0.2) is 49.3 Å². The second-order valence-corrected chi connectivity index (χ2v) is 20.2. The van der Waals surface area contributed by atoms with Crippen LogP contribution in [0, 0.1) is 0 Å². The molecule has 10 heteroatoms. The summed E-state index contributed by atoms with van der Waals surface area (Å²) < 4.78 is 33.0. The third-order valence-corrected chi connectivity index (χ3v) is 12.7. The molecule has 0 aliphatic carbocycles. The summed E-state index contributed by atoms with van der Waals surface area (Å²) in [6.07, 6.45) is 84.8. The van der Waals surface area contributed by atoms with Gasteiger partial charge in [0, 0.05) is 19.4 Å². The van der Waals surface area contributed by atoms with Gasteiger partial charge in [-0.05, 0) is 109 Å². The van der Waals surface area contributed by atoms with Crippen LogP contribution in [0.1, 0.15) is 219 Å². The predicted octanol–water partition coefficient (Wildman–Crippen LogP) is 18.7. The molecule has 424 valence electrons. The first-order valence-electron chi connectivity index (χ1n) is 29.3. The van der Waals surface area contributed by atoms with Crippen LogP contribution in [0.5, 0.6) is 0 Å². The topological polar surface area (TPSA) is 134 Å². The third kappa shape index (κ3) is 59.0. The van der Waals surface area contributed by atoms with E-state index in [1.807, 2.05) is 6.08 Å². The van der Waals surface area contributed by atoms with Crippen molar-refractivity contribution in [2.75, 3.05) is 26.4 Å². The average molecular weight is 1060 g/mol. The van der Waals surface area contributed by atoms with E-state index in [4.69, 9.17) is 24.3 Å². The van der Waals surface area contributed by atoms with Crippen molar-refractivity contribution in [1.29, 1.82) is 0 Å². The zero-order valence-corrected chi connectivity index (χ0v) is 48.1. The molecule has 0 rings (SSSR count). The van der Waals surface area contributed by atoms with Crippen molar-refractivity contribution in [3.63, 3.8) is 0 Å². The van der Waals surface area contributed by atoms with Crippen LogP contribution in [0.15, 0.2) is 146 Å². The first kappa shape index (κ1) is 70.9. The zero-order valence-electron chi connectivity index (χ0n) is 47.2. The number of carbonyl (C=O) groups excluding carboxylic acids is 2. The largest absolute Gasteiger partial charge is 0.472 e. The lowest BCUT2D eigenvalue weighted by molar-refractivity contribution is -0.161. The number of unbranched alkanes of at least 4 members (excludes halogenated alkanes) is 16. The Balaban J connectivity index is 4.06. The van der Waals surface area contributed by atoms with Crippen LogP contribution in [0.2, 0.25) is 0 Å². The number of phosphoric acid groups is 1. The van der Waals surface area contributed by atoms with Crippen molar-refractivity contribution in [2.45, 2.75) is 225 Å². The van der Waals surface area contributed by atoms with Gasteiger partial charge >= 0.3 is 19.8 Å². The van der Waals surface area contributed by atoms with Crippen molar-refractivity contribution in [3.05, 3.63) is 146 Å². The molecular formula is C65H106NO8P. The van der Waals surface area contributed by atoms with Crippen LogP contribution >= 0.6 is 7.82 Å². The molecular weight excluding hydrogens is 954 g/mol. The Kier molecular flexibility index (Phi) is 55.9. The number of hydrogen-bond acceptors (Lipinski definition) is 8. The number of ether oxygens (including phenoxy) is 2. The smallest absolute Gasteiger partial charge is 0.462 e. The van der Waals surface area contributed by atoms with Gasteiger partial charge in [0.25, 0.3) is 0 Å². The second-order valence-electron chi connectivity index (χ2n) is 18.7. The lowest BCUT2D eigenvalue weighted by Gasteiger charge is -2.19. The van der Waals surface area contributed by atoms with Gasteiger partial charge in [-0.15, -0.1) is 0 Å². The fourth-order valence-corrected chi connectivity index (χ4v) is 8.24. The molecule has 0 radical (unpaired) electrons. The molecule has 2 atom stereocenters. The van der Waals surface area contributed by atoms with E-state index in [2.05, 4.69) is 154 Å². The van der Waals surface area contributed by atoms with Gasteiger partial charge in [-0.2, -0.15) is 0 Å². The van der Waals surface area contributed by atoms with Crippen molar-refractivity contribution < 1.29 is 37.6 Å². The van der Waals surface area contributed by atoms with Crippen LogP contribution in [-0.2, 0) is 32.7 Å². The molecule has 0 aromatic heterocycles. The molecule has 0 bridgehead atoms. The van der Waals surface area contributed by atoms with Gasteiger partial charge in [-0.1, -0.05) is 243 Å². The minimum atomic E-state index is -4.41. The Labute approximate surface area is 458 Å². The maximum atomic E-state index is 12.7. The number of hydrogen-bond donors (Lipinski definition) is 2. The average Bonchev–Trinajstić information content (AvgIpc) is 3.40. The Morgan fingerprint density at radius 2 is 0.707 bits per heavy atom. The van der Waals surface area contributed by atoms with Gasteiger partial charge in [0.05, 0.1) is 13.2 Å². The predicted molar refractivity (Wildman–Crippen MR) is 320 cm³/mol. The van der Waals surface area contributed by atoms with Gasteiger partial charge in [0.1, 0.15) is 6.61 Å². The zero-order chi connectivity index (χ0) is 54.5. The first-order chi connectivity index (χ1) is 36.8. The summed E-state index contributed by atoms with van der Waals surface area (Å²) in [6.45, 7) is 3.44. The number of phosphoric ester groups is 1. The molecule has 0 amide bonds. The summed E-state index contributed by atoms with van der Waals surface area (Å²) in [5.41, 5.74) is 5.38. The summed E-state index contributed by atoms with van der Waals surface area (Å²) in [5, 5.41) is 0. The Hall–Kier alpha value is -4.11. The first-order valence-corrected chi connectivity index (χ1v) is 30.8. The van der Waals surface area contributed by atoms with Crippen LogP contribution in [0.25, 0.3) is 0 Å². The summed E-state index contributed by atoms with van der Waals surface area (Å²) in [6, 6.07) is 0. The van der Waals surface area contributed by atoms with E-state index in [1.165, 1.54) is 77.0 Å². The van der Waals surface area contributed by atoms with Gasteiger partial charge in [0.15, 0.2) is 6.10 Å². The lowest BCUT2D eigenvalue weighted by Crippen LogP contribution is -2.29. The summed E-state index contributed by atoms with van der Waals surface area (Å²) in [5.74, 6) is -0.906. The Morgan fingerprint density at radius 1 is 0.400 bits per heavy atom. The molecule has 0 spiro atoms. The maximum absolute atomic E-state index is 12.7. The number of nitrogens with two attached hydrogens (primary N) is 1. The highest BCUT2D eigenvalue weighted by molar-refractivity contribution is 7.47. The lowest BCUT2D eigenvalue weighted by atomic mass is 10.0. The van der Waals surface area contributed by atoms with Crippen molar-refractivity contribution in [3.8, 4) is 0 Å². The van der Waals surface area contributed by atoms with E-state index in [0.29, 0.717) is 12.8 Å². The molecule has 0 aromatic carbocycles. The summed E-state index contributed by atoms with van der Waals surface area (Å²) in [4.78, 5) is 35.2. The molecule has 75 heavy (non-hydrogen) atoms. The van der Waals surface area contributed by atoms with Crippen LogP contribution in [0.3, 0.4) is 0 Å². The Bertz CT molecular complexity index is 1730. The van der Waals surface area contributed by atoms with E-state index in [0.717, 1.165) is 103 Å². The van der Waals surface area contributed by atoms with Crippen LogP contribution < -0.4 is 5.73 Å². The molecule has 0 aliphatic heterocycles. The SMILES string of the molecule is CC/C=C\C/C=C\C/C=C\C/C=C\C/C=C\C/C=C\C/C=C\CCCC(=O)OC(COC(=O)CCCCCCCCCCCCCCCCC/C=C\C/C=C\C/C=C\C/C=C\C/C=C\CC)COP(=O)(O)OCCN. The van der Waals surface area contributed by atoms with E-state index >= 15 is 0 Å². The van der Waals surface area contributed by atoms with Gasteiger partial charge in [-0.3, -0.25) is 18.6 Å².